The Hall–Kier alpha value is -3.52. The van der Waals surface area contributed by atoms with Crippen molar-refractivity contribution in [3.8, 4) is 33.8 Å². The van der Waals surface area contributed by atoms with Crippen molar-refractivity contribution in [2.24, 2.45) is 0 Å². The number of hydrogen-bond acceptors (Lipinski definition) is 1. The predicted octanol–water partition coefficient (Wildman–Crippen LogP) is 9.13. The molecule has 1 spiro atoms. The fraction of sp³-hybridized carbons (Fsp3) is 0.0323. The molecule has 3 heteroatoms. The quantitative estimate of drug-likeness (QED) is 0.229. The van der Waals surface area contributed by atoms with Gasteiger partial charge in [0.05, 0.1) is 5.41 Å². The van der Waals surface area contributed by atoms with E-state index in [0.29, 0.717) is 5.02 Å². The Balaban J connectivity index is 1.58. The Morgan fingerprint density at radius 2 is 1.09 bits per heavy atom. The van der Waals surface area contributed by atoms with Crippen LogP contribution in [0.15, 0.2) is 109 Å². The zero-order valence-electron chi connectivity index (χ0n) is 18.1. The molecule has 5 aromatic carbocycles. The van der Waals surface area contributed by atoms with Crippen LogP contribution in [0.2, 0.25) is 10.0 Å². The summed E-state index contributed by atoms with van der Waals surface area (Å²) in [7, 11) is 0. The van der Waals surface area contributed by atoms with Crippen LogP contribution in [0.1, 0.15) is 22.3 Å². The van der Waals surface area contributed by atoms with Crippen LogP contribution in [-0.4, -0.2) is 0 Å². The molecule has 0 amide bonds. The van der Waals surface area contributed by atoms with E-state index in [0.717, 1.165) is 38.8 Å². The van der Waals surface area contributed by atoms with E-state index >= 15 is 0 Å². The molecule has 1 heterocycles. The minimum atomic E-state index is -0.500. The zero-order chi connectivity index (χ0) is 22.9. The molecule has 1 nitrogen and oxygen atoms in total. The van der Waals surface area contributed by atoms with Crippen molar-refractivity contribution in [2.75, 3.05) is 0 Å². The van der Waals surface area contributed by atoms with Crippen LogP contribution in [0, 0.1) is 0 Å². The molecule has 0 radical (unpaired) electrons. The van der Waals surface area contributed by atoms with Gasteiger partial charge in [0.15, 0.2) is 0 Å². The summed E-state index contributed by atoms with van der Waals surface area (Å²) in [4.78, 5) is 0. The minimum absolute atomic E-state index is 0.500. The second kappa shape index (κ2) is 7.24. The number of fused-ring (bicyclic) bond motifs is 9. The fourth-order valence-electron chi connectivity index (χ4n) is 5.70. The van der Waals surface area contributed by atoms with E-state index < -0.39 is 5.41 Å². The van der Waals surface area contributed by atoms with Crippen LogP contribution in [0.4, 0.5) is 0 Å². The zero-order valence-corrected chi connectivity index (χ0v) is 19.6. The predicted molar refractivity (Wildman–Crippen MR) is 139 cm³/mol. The second-order valence-electron chi connectivity index (χ2n) is 8.80. The monoisotopic (exact) mass is 476 g/mol. The van der Waals surface area contributed by atoms with Gasteiger partial charge >= 0.3 is 0 Å². The molecule has 0 N–H and O–H groups in total. The molecule has 0 saturated heterocycles. The van der Waals surface area contributed by atoms with Gasteiger partial charge in [-0.25, -0.2) is 0 Å². The lowest BCUT2D eigenvalue weighted by Crippen LogP contribution is -2.32. The number of hydrogen-bond donors (Lipinski definition) is 0. The van der Waals surface area contributed by atoms with Crippen molar-refractivity contribution in [2.45, 2.75) is 5.41 Å². The highest BCUT2D eigenvalue weighted by Crippen LogP contribution is 2.62. The van der Waals surface area contributed by atoms with Crippen molar-refractivity contribution < 1.29 is 4.74 Å². The van der Waals surface area contributed by atoms with E-state index in [9.17, 15) is 0 Å². The van der Waals surface area contributed by atoms with Gasteiger partial charge in [-0.1, -0.05) is 96.0 Å². The van der Waals surface area contributed by atoms with Crippen molar-refractivity contribution in [3.63, 3.8) is 0 Å². The molecule has 0 aromatic heterocycles. The van der Waals surface area contributed by atoms with Crippen LogP contribution in [0.5, 0.6) is 11.5 Å². The summed E-state index contributed by atoms with van der Waals surface area (Å²) in [6, 6.07) is 37.7. The first kappa shape index (κ1) is 19.9. The Kier molecular flexibility index (Phi) is 4.24. The molecule has 0 atom stereocenters. The number of halogens is 2. The molecule has 34 heavy (non-hydrogen) atoms. The van der Waals surface area contributed by atoms with Gasteiger partial charge in [-0.05, 0) is 69.8 Å². The van der Waals surface area contributed by atoms with Gasteiger partial charge in [-0.15, -0.1) is 0 Å². The van der Waals surface area contributed by atoms with Gasteiger partial charge in [0.25, 0.3) is 0 Å². The normalized spacial score (nSPS) is 14.1. The van der Waals surface area contributed by atoms with Crippen LogP contribution in [-0.2, 0) is 5.41 Å². The number of rotatable bonds is 1. The molecule has 0 unspecified atom stereocenters. The third-order valence-electron chi connectivity index (χ3n) is 7.08. The van der Waals surface area contributed by atoms with Crippen molar-refractivity contribution in [1.82, 2.24) is 0 Å². The van der Waals surface area contributed by atoms with Gasteiger partial charge < -0.3 is 4.74 Å². The van der Waals surface area contributed by atoms with Crippen molar-refractivity contribution in [3.05, 3.63) is 141 Å². The average molecular weight is 477 g/mol. The van der Waals surface area contributed by atoms with E-state index in [1.807, 2.05) is 36.4 Å². The summed E-state index contributed by atoms with van der Waals surface area (Å²) < 4.78 is 6.55. The summed E-state index contributed by atoms with van der Waals surface area (Å²) in [5.41, 5.74) is 8.88. The lowest BCUT2D eigenvalue weighted by atomic mass is 9.66. The molecule has 2 aliphatic rings. The van der Waals surface area contributed by atoms with Crippen LogP contribution in [0.25, 0.3) is 22.3 Å². The standard InChI is InChI=1S/C31H18Cl2O/c32-21-12-9-19(10-13-21)20-11-15-27-30(17-20)34-29-16-14-22(33)18-28(29)31(27)25-7-3-1-5-23(25)24-6-2-4-8-26(24)31/h1-18H. The summed E-state index contributed by atoms with van der Waals surface area (Å²) in [6.45, 7) is 0. The Labute approximate surface area is 208 Å². The van der Waals surface area contributed by atoms with Gasteiger partial charge in [-0.3, -0.25) is 0 Å². The maximum absolute atomic E-state index is 6.57. The third-order valence-corrected chi connectivity index (χ3v) is 7.57. The molecular weight excluding hydrogens is 459 g/mol. The van der Waals surface area contributed by atoms with Gasteiger partial charge in [0.1, 0.15) is 11.5 Å². The maximum atomic E-state index is 6.57. The Morgan fingerprint density at radius 1 is 0.471 bits per heavy atom. The van der Waals surface area contributed by atoms with Gasteiger partial charge in [0, 0.05) is 21.2 Å². The molecule has 0 saturated carbocycles. The van der Waals surface area contributed by atoms with Crippen LogP contribution < -0.4 is 4.74 Å². The molecule has 7 rings (SSSR count). The Morgan fingerprint density at radius 3 is 1.79 bits per heavy atom. The van der Waals surface area contributed by atoms with Gasteiger partial charge in [0.2, 0.25) is 0 Å². The summed E-state index contributed by atoms with van der Waals surface area (Å²) in [5, 5.41) is 1.42. The first-order chi connectivity index (χ1) is 16.7. The first-order valence-corrected chi connectivity index (χ1v) is 12.0. The lowest BCUT2D eigenvalue weighted by Gasteiger charge is -2.39. The molecule has 0 bridgehead atoms. The summed E-state index contributed by atoms with van der Waals surface area (Å²) in [6.07, 6.45) is 0. The summed E-state index contributed by atoms with van der Waals surface area (Å²) >= 11 is 12.7. The largest absolute Gasteiger partial charge is 0.457 e. The smallest absolute Gasteiger partial charge is 0.132 e. The highest BCUT2D eigenvalue weighted by molar-refractivity contribution is 6.31. The summed E-state index contributed by atoms with van der Waals surface area (Å²) in [5.74, 6) is 1.69. The first-order valence-electron chi connectivity index (χ1n) is 11.2. The number of ether oxygens (including phenoxy) is 1. The van der Waals surface area contributed by atoms with Crippen molar-refractivity contribution >= 4 is 23.2 Å². The van der Waals surface area contributed by atoms with E-state index in [-0.39, 0.29) is 0 Å². The highest BCUT2D eigenvalue weighted by atomic mass is 35.5. The maximum Gasteiger partial charge on any atom is 0.132 e. The van der Waals surface area contributed by atoms with Crippen LogP contribution >= 0.6 is 23.2 Å². The lowest BCUT2D eigenvalue weighted by molar-refractivity contribution is 0.436. The van der Waals surface area contributed by atoms with E-state index in [1.54, 1.807) is 0 Å². The second-order valence-corrected chi connectivity index (χ2v) is 9.67. The van der Waals surface area contributed by atoms with Crippen molar-refractivity contribution in [1.29, 1.82) is 0 Å². The van der Waals surface area contributed by atoms with E-state index in [2.05, 4.69) is 72.8 Å². The minimum Gasteiger partial charge on any atom is -0.457 e. The molecule has 162 valence electrons. The fourth-order valence-corrected chi connectivity index (χ4v) is 6.00. The molecule has 1 aliphatic carbocycles. The van der Waals surface area contributed by atoms with Crippen LogP contribution in [0.3, 0.4) is 0 Å². The topological polar surface area (TPSA) is 9.23 Å². The third kappa shape index (κ3) is 2.63. The Bertz CT molecular complexity index is 1560. The highest BCUT2D eigenvalue weighted by Gasteiger charge is 2.51. The molecular formula is C31H18Cl2O. The van der Waals surface area contributed by atoms with E-state index in [1.165, 1.54) is 22.3 Å². The number of benzene rings is 5. The molecule has 1 aliphatic heterocycles. The van der Waals surface area contributed by atoms with Gasteiger partial charge in [-0.2, -0.15) is 0 Å². The van der Waals surface area contributed by atoms with E-state index in [4.69, 9.17) is 27.9 Å². The molecule has 5 aromatic rings. The average Bonchev–Trinajstić information content (AvgIpc) is 3.16. The SMILES string of the molecule is Clc1ccc(-c2ccc3c(c2)Oc2ccc(Cl)cc2C32c3ccccc3-c3ccccc32)cc1. The molecule has 0 fully saturated rings.